The van der Waals surface area contributed by atoms with Gasteiger partial charge in [-0.15, -0.1) is 0 Å². The van der Waals surface area contributed by atoms with Crippen LogP contribution in [0.15, 0.2) is 18.2 Å². The molecule has 2 aromatic heterocycles. The van der Waals surface area contributed by atoms with E-state index in [-0.39, 0.29) is 24.5 Å². The lowest BCUT2D eigenvalue weighted by molar-refractivity contribution is -0.110. The van der Waals surface area contributed by atoms with Crippen molar-refractivity contribution in [3.05, 3.63) is 57.1 Å². The zero-order chi connectivity index (χ0) is 24.3. The minimum absolute atomic E-state index is 0.151. The SMILES string of the molecule is Cc1cc2c([nH]1)/C=C1\C(=O)Nc3c(Cl)cc(cc31)-c1c(nn(C)c1C)COC[C@@H](C)N(C)C2=O. The van der Waals surface area contributed by atoms with E-state index >= 15 is 0 Å². The number of H-pyrrole nitrogens is 1. The Bertz CT molecular complexity index is 1380. The Hall–Kier alpha value is -3.36. The highest BCUT2D eigenvalue weighted by atomic mass is 35.5. The van der Waals surface area contributed by atoms with Crippen molar-refractivity contribution in [2.75, 3.05) is 19.0 Å². The van der Waals surface area contributed by atoms with Gasteiger partial charge in [0.2, 0.25) is 0 Å². The highest BCUT2D eigenvalue weighted by Gasteiger charge is 2.30. The minimum atomic E-state index is -0.266. The van der Waals surface area contributed by atoms with E-state index in [9.17, 15) is 9.59 Å². The van der Waals surface area contributed by atoms with Crippen LogP contribution in [0.4, 0.5) is 5.69 Å². The number of fused-ring (bicyclic) bond motifs is 4. The third-order valence-corrected chi connectivity index (χ3v) is 6.94. The molecule has 2 aliphatic heterocycles. The number of carbonyl (C=O) groups is 2. The average molecular weight is 480 g/mol. The number of halogens is 1. The van der Waals surface area contributed by atoms with Crippen LogP contribution in [0.5, 0.6) is 0 Å². The fourth-order valence-electron chi connectivity index (χ4n) is 4.56. The molecule has 9 heteroatoms. The molecule has 2 amide bonds. The van der Waals surface area contributed by atoms with E-state index in [1.165, 1.54) is 0 Å². The van der Waals surface area contributed by atoms with E-state index in [1.54, 1.807) is 24.1 Å². The second-order valence-electron chi connectivity index (χ2n) is 8.98. The molecule has 0 radical (unpaired) electrons. The van der Waals surface area contributed by atoms with Crippen molar-refractivity contribution in [2.24, 2.45) is 7.05 Å². The van der Waals surface area contributed by atoms with Gasteiger partial charge >= 0.3 is 0 Å². The summed E-state index contributed by atoms with van der Waals surface area (Å²) in [5, 5.41) is 7.97. The second kappa shape index (κ2) is 8.14. The molecule has 2 N–H and O–H groups in total. The molecular weight excluding hydrogens is 454 g/mol. The van der Waals surface area contributed by atoms with Crippen LogP contribution in [-0.4, -0.2) is 51.2 Å². The van der Waals surface area contributed by atoms with E-state index < -0.39 is 0 Å². The average Bonchev–Trinajstić information content (AvgIpc) is 3.40. The van der Waals surface area contributed by atoms with Crippen molar-refractivity contribution in [3.8, 4) is 11.1 Å². The third-order valence-electron chi connectivity index (χ3n) is 6.64. The molecule has 2 bridgehead atoms. The summed E-state index contributed by atoms with van der Waals surface area (Å²) in [5.74, 6) is -0.417. The molecule has 0 fully saturated rings. The van der Waals surface area contributed by atoms with Gasteiger partial charge in [0, 0.05) is 36.6 Å². The molecule has 3 aromatic rings. The molecule has 4 heterocycles. The lowest BCUT2D eigenvalue weighted by Crippen LogP contribution is -2.38. The van der Waals surface area contributed by atoms with Crippen LogP contribution in [0, 0.1) is 13.8 Å². The number of aryl methyl sites for hydroxylation is 2. The number of nitrogens with one attached hydrogen (secondary N) is 2. The van der Waals surface area contributed by atoms with Crippen LogP contribution >= 0.6 is 11.6 Å². The van der Waals surface area contributed by atoms with Crippen molar-refractivity contribution in [2.45, 2.75) is 33.4 Å². The lowest BCUT2D eigenvalue weighted by atomic mass is 9.97. The van der Waals surface area contributed by atoms with Gasteiger partial charge in [-0.2, -0.15) is 5.10 Å². The van der Waals surface area contributed by atoms with E-state index in [2.05, 4.69) is 15.4 Å². The van der Waals surface area contributed by atoms with E-state index in [0.717, 1.165) is 28.2 Å². The zero-order valence-corrected chi connectivity index (χ0v) is 20.5. The van der Waals surface area contributed by atoms with E-state index in [0.29, 0.717) is 39.7 Å². The van der Waals surface area contributed by atoms with Gasteiger partial charge < -0.3 is 19.9 Å². The summed E-state index contributed by atoms with van der Waals surface area (Å²) in [5.41, 5.74) is 7.12. The summed E-state index contributed by atoms with van der Waals surface area (Å²) in [6.45, 7) is 6.45. The normalized spacial score (nSPS) is 19.6. The first-order valence-electron chi connectivity index (χ1n) is 11.1. The molecule has 1 aromatic carbocycles. The zero-order valence-electron chi connectivity index (χ0n) is 19.7. The van der Waals surface area contributed by atoms with Gasteiger partial charge in [-0.1, -0.05) is 11.6 Å². The lowest BCUT2D eigenvalue weighted by Gasteiger charge is -2.25. The summed E-state index contributed by atoms with van der Waals surface area (Å²) in [6.07, 6.45) is 1.73. The Morgan fingerprint density at radius 1 is 1.15 bits per heavy atom. The van der Waals surface area contributed by atoms with Gasteiger partial charge in [-0.25, -0.2) is 0 Å². The number of rotatable bonds is 0. The maximum atomic E-state index is 13.3. The van der Waals surface area contributed by atoms with Gasteiger partial charge in [0.15, 0.2) is 0 Å². The minimum Gasteiger partial charge on any atom is -0.373 e. The number of carbonyl (C=O) groups excluding carboxylic acids is 2. The smallest absolute Gasteiger partial charge is 0.256 e. The van der Waals surface area contributed by atoms with Gasteiger partial charge in [-0.05, 0) is 50.6 Å². The molecule has 176 valence electrons. The molecule has 34 heavy (non-hydrogen) atoms. The molecule has 8 nitrogen and oxygen atoms in total. The van der Waals surface area contributed by atoms with Crippen LogP contribution < -0.4 is 5.32 Å². The summed E-state index contributed by atoms with van der Waals surface area (Å²) < 4.78 is 7.83. The first kappa shape index (κ1) is 22.4. The molecular formula is C25H26ClN5O3. The van der Waals surface area contributed by atoms with Gasteiger partial charge in [0.1, 0.15) is 0 Å². The maximum Gasteiger partial charge on any atom is 0.256 e. The first-order chi connectivity index (χ1) is 16.2. The maximum absolute atomic E-state index is 13.3. The number of nitrogens with zero attached hydrogens (tertiary/aromatic N) is 3. The van der Waals surface area contributed by atoms with Gasteiger partial charge in [-0.3, -0.25) is 14.3 Å². The number of aromatic nitrogens is 3. The Morgan fingerprint density at radius 3 is 2.68 bits per heavy atom. The van der Waals surface area contributed by atoms with E-state index in [1.807, 2.05) is 44.6 Å². The molecule has 0 spiro atoms. The van der Waals surface area contributed by atoms with Crippen LogP contribution in [0.1, 0.15) is 45.6 Å². The summed E-state index contributed by atoms with van der Waals surface area (Å²) in [7, 11) is 3.64. The van der Waals surface area contributed by atoms with Crippen molar-refractivity contribution in [1.82, 2.24) is 19.7 Å². The summed E-state index contributed by atoms with van der Waals surface area (Å²) in [4.78, 5) is 31.2. The number of ether oxygens (including phenoxy) is 1. The van der Waals surface area contributed by atoms with Crippen LogP contribution in [0.25, 0.3) is 22.8 Å². The quantitative estimate of drug-likeness (QED) is 0.506. The van der Waals surface area contributed by atoms with E-state index in [4.69, 9.17) is 16.3 Å². The molecule has 0 saturated carbocycles. The Balaban J connectivity index is 1.77. The Kier molecular flexibility index (Phi) is 5.37. The summed E-state index contributed by atoms with van der Waals surface area (Å²) in [6, 6.07) is 5.43. The number of likely N-dealkylation sites (N-methyl/N-ethyl adjacent to an activating group) is 1. The molecule has 2 aliphatic rings. The topological polar surface area (TPSA) is 92.2 Å². The number of benzene rings is 1. The number of amides is 2. The monoisotopic (exact) mass is 479 g/mol. The largest absolute Gasteiger partial charge is 0.373 e. The molecule has 1 atom stereocenters. The number of aromatic amines is 1. The molecule has 0 unspecified atom stereocenters. The highest BCUT2D eigenvalue weighted by molar-refractivity contribution is 6.41. The highest BCUT2D eigenvalue weighted by Crippen LogP contribution is 2.43. The molecule has 0 aliphatic carbocycles. The standard InChI is InChI=1S/C25H26ClN5O3/c1-12-6-18-20(27-12)9-17-16-7-15(8-19(26)23(16)28-24(17)32)22-14(3)31(5)29-21(22)11-34-10-13(2)30(4)25(18)33/h6-9,13,27H,10-11H2,1-5H3,(H,28,32)/b17-9-/t13-/m1/s1. The Labute approximate surface area is 202 Å². The predicted octanol–water partition coefficient (Wildman–Crippen LogP) is 4.17. The second-order valence-corrected chi connectivity index (χ2v) is 9.39. The predicted molar refractivity (Wildman–Crippen MR) is 132 cm³/mol. The molecule has 0 saturated heterocycles. The number of hydrogen-bond acceptors (Lipinski definition) is 4. The van der Waals surface area contributed by atoms with Crippen molar-refractivity contribution < 1.29 is 14.3 Å². The number of hydrogen-bond donors (Lipinski definition) is 2. The van der Waals surface area contributed by atoms with Crippen molar-refractivity contribution in [1.29, 1.82) is 0 Å². The third kappa shape index (κ3) is 3.54. The van der Waals surface area contributed by atoms with Gasteiger partial charge in [0.05, 0.1) is 52.5 Å². The van der Waals surface area contributed by atoms with Gasteiger partial charge in [0.25, 0.3) is 11.8 Å². The first-order valence-corrected chi connectivity index (χ1v) is 11.5. The fraction of sp³-hybridized carbons (Fsp3) is 0.320. The van der Waals surface area contributed by atoms with Crippen LogP contribution in [-0.2, 0) is 23.2 Å². The van der Waals surface area contributed by atoms with Crippen LogP contribution in [0.2, 0.25) is 5.02 Å². The fourth-order valence-corrected chi connectivity index (χ4v) is 4.83. The van der Waals surface area contributed by atoms with Crippen LogP contribution in [0.3, 0.4) is 0 Å². The van der Waals surface area contributed by atoms with Crippen molar-refractivity contribution in [3.63, 3.8) is 0 Å². The Morgan fingerprint density at radius 2 is 1.91 bits per heavy atom. The number of anilines is 1. The molecule has 5 rings (SSSR count). The summed E-state index contributed by atoms with van der Waals surface area (Å²) >= 11 is 6.64. The van der Waals surface area contributed by atoms with Crippen molar-refractivity contribution >= 4 is 40.8 Å².